The van der Waals surface area contributed by atoms with Crippen LogP contribution in [0.3, 0.4) is 0 Å². The van der Waals surface area contributed by atoms with Gasteiger partial charge < -0.3 is 9.47 Å². The average molecular weight is 450 g/mol. The normalized spacial score (nSPS) is 13.6. The van der Waals surface area contributed by atoms with Crippen LogP contribution in [0.1, 0.15) is 49.5 Å². The maximum Gasteiger partial charge on any atom is 0.339 e. The van der Waals surface area contributed by atoms with Crippen molar-refractivity contribution in [2.75, 3.05) is 7.11 Å². The van der Waals surface area contributed by atoms with Gasteiger partial charge in [-0.25, -0.2) is 14.6 Å². The first-order valence-corrected chi connectivity index (χ1v) is 11.2. The second kappa shape index (κ2) is 9.32. The third kappa shape index (κ3) is 4.20. The molecule has 0 spiro atoms. The molecule has 0 atom stereocenters. The Morgan fingerprint density at radius 1 is 0.882 bits per heavy atom. The molecular weight excluding hydrogens is 426 g/mol. The summed E-state index contributed by atoms with van der Waals surface area (Å²) in [5, 5.41) is 0.799. The molecule has 5 nitrogen and oxygen atoms in total. The molecule has 0 radical (unpaired) electrons. The third-order valence-electron chi connectivity index (χ3n) is 6.03. The lowest BCUT2D eigenvalue weighted by atomic mass is 10.0. The lowest BCUT2D eigenvalue weighted by Crippen LogP contribution is -2.10. The summed E-state index contributed by atoms with van der Waals surface area (Å²) < 4.78 is 10.5. The van der Waals surface area contributed by atoms with E-state index in [4.69, 9.17) is 14.5 Å². The van der Waals surface area contributed by atoms with Gasteiger partial charge in [0.1, 0.15) is 6.61 Å². The molecule has 1 aliphatic rings. The van der Waals surface area contributed by atoms with Crippen LogP contribution in [-0.4, -0.2) is 24.0 Å². The fourth-order valence-corrected chi connectivity index (χ4v) is 4.34. The lowest BCUT2D eigenvalue weighted by Gasteiger charge is -2.12. The first-order chi connectivity index (χ1) is 16.6. The van der Waals surface area contributed by atoms with Gasteiger partial charge in [-0.05, 0) is 59.4 Å². The smallest absolute Gasteiger partial charge is 0.339 e. The van der Waals surface area contributed by atoms with Crippen LogP contribution < -0.4 is 0 Å². The highest BCUT2D eigenvalue weighted by Gasteiger charge is 2.27. The summed E-state index contributed by atoms with van der Waals surface area (Å²) in [5.41, 5.74) is 6.65. The average Bonchev–Trinajstić information content (AvgIpc) is 3.28. The molecule has 0 unspecified atom stereocenters. The monoisotopic (exact) mass is 449 g/mol. The number of hydrogen-bond donors (Lipinski definition) is 0. The quantitative estimate of drug-likeness (QED) is 0.357. The highest BCUT2D eigenvalue weighted by Crippen LogP contribution is 2.37. The van der Waals surface area contributed by atoms with Crippen molar-refractivity contribution in [1.82, 2.24) is 4.98 Å². The topological polar surface area (TPSA) is 65.5 Å². The van der Waals surface area contributed by atoms with E-state index in [9.17, 15) is 9.59 Å². The number of allylic oxidation sites excluding steroid dienone is 1. The van der Waals surface area contributed by atoms with Gasteiger partial charge in [0.05, 0.1) is 29.4 Å². The van der Waals surface area contributed by atoms with Crippen LogP contribution in [0.15, 0.2) is 78.9 Å². The molecule has 168 valence electrons. The first kappa shape index (κ1) is 21.6. The van der Waals surface area contributed by atoms with Crippen molar-refractivity contribution in [3.05, 3.63) is 112 Å². The van der Waals surface area contributed by atoms with Crippen molar-refractivity contribution >= 4 is 34.5 Å². The minimum atomic E-state index is -0.401. The Hall–Kier alpha value is -4.25. The largest absolute Gasteiger partial charge is 0.465 e. The summed E-state index contributed by atoms with van der Waals surface area (Å²) in [7, 11) is 1.34. The van der Waals surface area contributed by atoms with Crippen molar-refractivity contribution < 1.29 is 19.1 Å². The van der Waals surface area contributed by atoms with Gasteiger partial charge in [-0.1, -0.05) is 60.7 Å². The predicted octanol–water partition coefficient (Wildman–Crippen LogP) is 5.87. The van der Waals surface area contributed by atoms with Gasteiger partial charge in [-0.2, -0.15) is 0 Å². The van der Waals surface area contributed by atoms with Crippen molar-refractivity contribution in [3.63, 3.8) is 0 Å². The molecule has 1 aliphatic carbocycles. The number of fused-ring (bicyclic) bond motifs is 2. The van der Waals surface area contributed by atoms with Crippen LogP contribution >= 0.6 is 0 Å². The zero-order valence-corrected chi connectivity index (χ0v) is 18.8. The molecule has 3 aromatic carbocycles. The van der Waals surface area contributed by atoms with E-state index in [0.717, 1.165) is 51.7 Å². The molecule has 4 aromatic rings. The van der Waals surface area contributed by atoms with Gasteiger partial charge in [0.2, 0.25) is 0 Å². The van der Waals surface area contributed by atoms with Gasteiger partial charge in [0, 0.05) is 5.39 Å². The standard InChI is InChI=1S/C29H23NO4/c1-33-28(31)21-13-11-20(12-14-21)18-34-29(32)26-23-9-5-6-10-25(23)30-27-22(15-16-24(26)27)17-19-7-3-2-4-8-19/h2-14,17H,15-16,18H2,1H3. The summed E-state index contributed by atoms with van der Waals surface area (Å²) in [6.07, 6.45) is 3.71. The number of rotatable bonds is 5. The van der Waals surface area contributed by atoms with Crippen LogP contribution in [0, 0.1) is 0 Å². The van der Waals surface area contributed by atoms with E-state index in [0.29, 0.717) is 11.1 Å². The van der Waals surface area contributed by atoms with E-state index in [2.05, 4.69) is 18.2 Å². The zero-order chi connectivity index (χ0) is 23.5. The highest BCUT2D eigenvalue weighted by atomic mass is 16.5. The van der Waals surface area contributed by atoms with E-state index in [1.807, 2.05) is 42.5 Å². The molecule has 5 rings (SSSR count). The number of nitrogens with zero attached hydrogens (tertiary/aromatic N) is 1. The molecule has 0 bridgehead atoms. The Morgan fingerprint density at radius 2 is 1.62 bits per heavy atom. The second-order valence-electron chi connectivity index (χ2n) is 8.18. The highest BCUT2D eigenvalue weighted by molar-refractivity contribution is 6.07. The Kier molecular flexibility index (Phi) is 5.91. The van der Waals surface area contributed by atoms with Crippen molar-refractivity contribution in [2.45, 2.75) is 19.4 Å². The summed E-state index contributed by atoms with van der Waals surface area (Å²) in [4.78, 5) is 29.9. The van der Waals surface area contributed by atoms with Crippen LogP contribution in [-0.2, 0) is 22.5 Å². The van der Waals surface area contributed by atoms with Crippen LogP contribution in [0.5, 0.6) is 0 Å². The van der Waals surface area contributed by atoms with Gasteiger partial charge in [0.25, 0.3) is 0 Å². The van der Waals surface area contributed by atoms with Crippen molar-refractivity contribution in [2.24, 2.45) is 0 Å². The maximum absolute atomic E-state index is 13.3. The lowest BCUT2D eigenvalue weighted by molar-refractivity contribution is 0.0472. The van der Waals surface area contributed by atoms with E-state index < -0.39 is 5.97 Å². The SMILES string of the molecule is COC(=O)c1ccc(COC(=O)c2c3c(nc4ccccc24)C(=Cc2ccccc2)CC3)cc1. The number of benzene rings is 3. The van der Waals surface area contributed by atoms with Crippen LogP contribution in [0.25, 0.3) is 22.6 Å². The molecule has 0 aliphatic heterocycles. The predicted molar refractivity (Wildman–Crippen MR) is 131 cm³/mol. The molecule has 0 saturated carbocycles. The minimum absolute atomic E-state index is 0.110. The molecule has 34 heavy (non-hydrogen) atoms. The van der Waals surface area contributed by atoms with Crippen molar-refractivity contribution in [3.8, 4) is 0 Å². The Morgan fingerprint density at radius 3 is 2.38 bits per heavy atom. The van der Waals surface area contributed by atoms with E-state index in [1.165, 1.54) is 7.11 Å². The number of esters is 2. The number of carbonyl (C=O) groups excluding carboxylic acids is 2. The Balaban J connectivity index is 1.47. The Labute approximate surface area is 197 Å². The molecular formula is C29H23NO4. The number of ether oxygens (including phenoxy) is 2. The van der Waals surface area contributed by atoms with Gasteiger partial charge >= 0.3 is 11.9 Å². The first-order valence-electron chi connectivity index (χ1n) is 11.2. The number of aromatic nitrogens is 1. The van der Waals surface area contributed by atoms with Crippen LogP contribution in [0.2, 0.25) is 0 Å². The number of methoxy groups -OCH3 is 1. The number of para-hydroxylation sites is 1. The Bertz CT molecular complexity index is 1410. The number of hydrogen-bond acceptors (Lipinski definition) is 5. The molecule has 1 heterocycles. The molecule has 1 aromatic heterocycles. The fraction of sp³-hybridized carbons (Fsp3) is 0.138. The number of pyridine rings is 1. The van der Waals surface area contributed by atoms with Crippen molar-refractivity contribution in [1.29, 1.82) is 0 Å². The maximum atomic E-state index is 13.3. The summed E-state index contributed by atoms with van der Waals surface area (Å²) in [5.74, 6) is -0.769. The molecule has 0 fully saturated rings. The molecule has 0 N–H and O–H groups in total. The number of carbonyl (C=O) groups is 2. The third-order valence-corrected chi connectivity index (χ3v) is 6.03. The zero-order valence-electron chi connectivity index (χ0n) is 18.8. The van der Waals surface area contributed by atoms with E-state index in [1.54, 1.807) is 24.3 Å². The minimum Gasteiger partial charge on any atom is -0.465 e. The van der Waals surface area contributed by atoms with E-state index in [-0.39, 0.29) is 12.6 Å². The molecule has 0 saturated heterocycles. The van der Waals surface area contributed by atoms with Gasteiger partial charge in [-0.3, -0.25) is 0 Å². The fourth-order valence-electron chi connectivity index (χ4n) is 4.34. The van der Waals surface area contributed by atoms with Gasteiger partial charge in [0.15, 0.2) is 0 Å². The second-order valence-corrected chi connectivity index (χ2v) is 8.18. The molecule has 0 amide bonds. The van der Waals surface area contributed by atoms with Crippen LogP contribution in [0.4, 0.5) is 0 Å². The molecule has 5 heteroatoms. The summed E-state index contributed by atoms with van der Waals surface area (Å²) >= 11 is 0. The summed E-state index contributed by atoms with van der Waals surface area (Å²) in [6, 6.07) is 24.7. The summed E-state index contributed by atoms with van der Waals surface area (Å²) in [6.45, 7) is 0.110. The van der Waals surface area contributed by atoms with Gasteiger partial charge in [-0.15, -0.1) is 0 Å². The van der Waals surface area contributed by atoms with E-state index >= 15 is 0 Å².